The molecule has 0 saturated carbocycles. The first-order valence-corrected chi connectivity index (χ1v) is 7.04. The Labute approximate surface area is 118 Å². The number of oxazole rings is 1. The highest BCUT2D eigenvalue weighted by molar-refractivity contribution is 5.97. The molecule has 20 heavy (non-hydrogen) atoms. The summed E-state index contributed by atoms with van der Waals surface area (Å²) in [5.41, 5.74) is 2.13. The van der Waals surface area contributed by atoms with Crippen molar-refractivity contribution in [2.24, 2.45) is 0 Å². The molecule has 2 aromatic rings. The topological polar surface area (TPSA) is 46.3 Å². The molecule has 2 heterocycles. The molecular formula is C16H18N2O2. The Morgan fingerprint density at radius 3 is 3.15 bits per heavy atom. The molecule has 1 aliphatic heterocycles. The molecule has 0 spiro atoms. The van der Waals surface area contributed by atoms with Crippen LogP contribution in [0.4, 0.5) is 0 Å². The molecule has 1 aliphatic rings. The third-order valence-corrected chi connectivity index (χ3v) is 3.65. The molecule has 0 radical (unpaired) electrons. The number of fused-ring (bicyclic) bond motifs is 1. The Morgan fingerprint density at radius 2 is 2.35 bits per heavy atom. The number of hydrogen-bond acceptors (Lipinski definition) is 3. The molecule has 104 valence electrons. The van der Waals surface area contributed by atoms with E-state index >= 15 is 0 Å². The van der Waals surface area contributed by atoms with Crippen LogP contribution in [0.3, 0.4) is 0 Å². The van der Waals surface area contributed by atoms with Crippen LogP contribution < -0.4 is 0 Å². The summed E-state index contributed by atoms with van der Waals surface area (Å²) in [7, 11) is 0. The molecule has 0 saturated heterocycles. The van der Waals surface area contributed by atoms with E-state index in [1.54, 1.807) is 6.07 Å². The molecule has 1 aromatic heterocycles. The summed E-state index contributed by atoms with van der Waals surface area (Å²) in [6.07, 6.45) is 6.26. The summed E-state index contributed by atoms with van der Waals surface area (Å²) in [6.45, 7) is 4.64. The third-order valence-electron chi connectivity index (χ3n) is 3.65. The van der Waals surface area contributed by atoms with Crippen molar-refractivity contribution < 1.29 is 9.21 Å². The molecular weight excluding hydrogens is 252 g/mol. The molecule has 0 fully saturated rings. The SMILES string of the molecule is CCCC1C=CCN1C(=O)c1ccc2nc(C)oc2c1. The van der Waals surface area contributed by atoms with Crippen molar-refractivity contribution in [3.63, 3.8) is 0 Å². The molecule has 0 aliphatic carbocycles. The number of amides is 1. The molecule has 1 amide bonds. The van der Waals surface area contributed by atoms with Gasteiger partial charge in [-0.2, -0.15) is 0 Å². The number of carbonyl (C=O) groups is 1. The second-order valence-electron chi connectivity index (χ2n) is 5.16. The van der Waals surface area contributed by atoms with E-state index in [-0.39, 0.29) is 11.9 Å². The highest BCUT2D eigenvalue weighted by Gasteiger charge is 2.25. The number of hydrogen-bond donors (Lipinski definition) is 0. The van der Waals surface area contributed by atoms with E-state index in [9.17, 15) is 4.79 Å². The maximum absolute atomic E-state index is 12.6. The first kappa shape index (κ1) is 12.9. The Bertz CT molecular complexity index is 672. The fourth-order valence-corrected chi connectivity index (χ4v) is 2.69. The summed E-state index contributed by atoms with van der Waals surface area (Å²) >= 11 is 0. The van der Waals surface area contributed by atoms with Gasteiger partial charge >= 0.3 is 0 Å². The molecule has 3 rings (SSSR count). The lowest BCUT2D eigenvalue weighted by Crippen LogP contribution is -2.35. The maximum Gasteiger partial charge on any atom is 0.254 e. The molecule has 1 atom stereocenters. The summed E-state index contributed by atoms with van der Waals surface area (Å²) in [6, 6.07) is 5.68. The first-order valence-electron chi connectivity index (χ1n) is 7.04. The quantitative estimate of drug-likeness (QED) is 0.804. The van der Waals surface area contributed by atoms with Gasteiger partial charge in [0.1, 0.15) is 5.52 Å². The van der Waals surface area contributed by atoms with Crippen LogP contribution in [0.15, 0.2) is 34.8 Å². The summed E-state index contributed by atoms with van der Waals surface area (Å²) in [5, 5.41) is 0. The molecule has 1 unspecified atom stereocenters. The van der Waals surface area contributed by atoms with Gasteiger partial charge in [-0.1, -0.05) is 25.5 Å². The fraction of sp³-hybridized carbons (Fsp3) is 0.375. The lowest BCUT2D eigenvalue weighted by Gasteiger charge is -2.24. The lowest BCUT2D eigenvalue weighted by atomic mass is 10.1. The van der Waals surface area contributed by atoms with Crippen molar-refractivity contribution in [3.05, 3.63) is 41.8 Å². The van der Waals surface area contributed by atoms with E-state index in [4.69, 9.17) is 4.42 Å². The van der Waals surface area contributed by atoms with Crippen LogP contribution in [-0.2, 0) is 0 Å². The number of aromatic nitrogens is 1. The van der Waals surface area contributed by atoms with E-state index in [1.165, 1.54) is 0 Å². The van der Waals surface area contributed by atoms with Crippen molar-refractivity contribution in [2.75, 3.05) is 6.54 Å². The van der Waals surface area contributed by atoms with Crippen LogP contribution in [0.2, 0.25) is 0 Å². The highest BCUT2D eigenvalue weighted by atomic mass is 16.3. The van der Waals surface area contributed by atoms with Crippen LogP contribution >= 0.6 is 0 Å². The van der Waals surface area contributed by atoms with Gasteiger partial charge in [0.15, 0.2) is 11.5 Å². The number of nitrogens with zero attached hydrogens (tertiary/aromatic N) is 2. The Hall–Kier alpha value is -2.10. The zero-order chi connectivity index (χ0) is 14.1. The van der Waals surface area contributed by atoms with E-state index in [0.29, 0.717) is 23.6 Å². The van der Waals surface area contributed by atoms with Gasteiger partial charge in [0.25, 0.3) is 5.91 Å². The largest absolute Gasteiger partial charge is 0.441 e. The minimum Gasteiger partial charge on any atom is -0.441 e. The zero-order valence-electron chi connectivity index (χ0n) is 11.8. The van der Waals surface area contributed by atoms with E-state index in [2.05, 4.69) is 24.1 Å². The number of rotatable bonds is 3. The van der Waals surface area contributed by atoms with Crippen LogP contribution in [0.5, 0.6) is 0 Å². The van der Waals surface area contributed by atoms with Gasteiger partial charge in [-0.15, -0.1) is 0 Å². The Balaban J connectivity index is 1.88. The highest BCUT2D eigenvalue weighted by Crippen LogP contribution is 2.21. The molecule has 4 nitrogen and oxygen atoms in total. The van der Waals surface area contributed by atoms with E-state index in [0.717, 1.165) is 18.4 Å². The van der Waals surface area contributed by atoms with E-state index < -0.39 is 0 Å². The Kier molecular flexibility index (Phi) is 3.30. The van der Waals surface area contributed by atoms with Gasteiger partial charge < -0.3 is 9.32 Å². The number of aryl methyl sites for hydroxylation is 1. The van der Waals surface area contributed by atoms with Crippen LogP contribution in [-0.4, -0.2) is 28.4 Å². The van der Waals surface area contributed by atoms with Crippen molar-refractivity contribution >= 4 is 17.0 Å². The molecule has 1 aromatic carbocycles. The van der Waals surface area contributed by atoms with Gasteiger partial charge in [0.05, 0.1) is 6.04 Å². The van der Waals surface area contributed by atoms with Crippen LogP contribution in [0.1, 0.15) is 36.0 Å². The van der Waals surface area contributed by atoms with Gasteiger partial charge in [0.2, 0.25) is 0 Å². The average molecular weight is 270 g/mol. The molecule has 0 bridgehead atoms. The second-order valence-corrected chi connectivity index (χ2v) is 5.16. The predicted molar refractivity (Wildman–Crippen MR) is 77.6 cm³/mol. The zero-order valence-corrected chi connectivity index (χ0v) is 11.8. The van der Waals surface area contributed by atoms with Crippen molar-refractivity contribution in [2.45, 2.75) is 32.7 Å². The minimum absolute atomic E-state index is 0.0596. The Morgan fingerprint density at radius 1 is 1.50 bits per heavy atom. The van der Waals surface area contributed by atoms with Crippen molar-refractivity contribution in [1.29, 1.82) is 0 Å². The third kappa shape index (κ3) is 2.22. The lowest BCUT2D eigenvalue weighted by molar-refractivity contribution is 0.0744. The van der Waals surface area contributed by atoms with Gasteiger partial charge in [-0.25, -0.2) is 4.98 Å². The standard InChI is InChI=1S/C16H18N2O2/c1-3-5-13-6-4-9-18(13)16(19)12-7-8-14-15(10-12)20-11(2)17-14/h4,6-8,10,13H,3,5,9H2,1-2H3. The normalized spacial score (nSPS) is 18.1. The number of carbonyl (C=O) groups excluding carboxylic acids is 1. The summed E-state index contributed by atoms with van der Waals surface area (Å²) in [5.74, 6) is 0.681. The summed E-state index contributed by atoms with van der Waals surface area (Å²) in [4.78, 5) is 18.8. The summed E-state index contributed by atoms with van der Waals surface area (Å²) < 4.78 is 5.50. The van der Waals surface area contributed by atoms with Crippen molar-refractivity contribution in [1.82, 2.24) is 9.88 Å². The second kappa shape index (κ2) is 5.12. The van der Waals surface area contributed by atoms with Gasteiger partial charge in [-0.05, 0) is 24.6 Å². The van der Waals surface area contributed by atoms with Gasteiger partial charge in [-0.3, -0.25) is 4.79 Å². The molecule has 4 heteroatoms. The van der Waals surface area contributed by atoms with Crippen LogP contribution in [0.25, 0.3) is 11.1 Å². The smallest absolute Gasteiger partial charge is 0.254 e. The minimum atomic E-state index is 0.0596. The van der Waals surface area contributed by atoms with Crippen LogP contribution in [0, 0.1) is 6.92 Å². The van der Waals surface area contributed by atoms with Gasteiger partial charge in [0, 0.05) is 19.0 Å². The molecule has 0 N–H and O–H groups in total. The first-order chi connectivity index (χ1) is 9.69. The van der Waals surface area contributed by atoms with Crippen molar-refractivity contribution in [3.8, 4) is 0 Å². The monoisotopic (exact) mass is 270 g/mol. The maximum atomic E-state index is 12.6. The number of benzene rings is 1. The predicted octanol–water partition coefficient (Wildman–Crippen LogP) is 3.32. The average Bonchev–Trinajstić information content (AvgIpc) is 3.02. The van der Waals surface area contributed by atoms with E-state index in [1.807, 2.05) is 24.0 Å². The fourth-order valence-electron chi connectivity index (χ4n) is 2.69.